The molecule has 0 saturated heterocycles. The van der Waals surface area contributed by atoms with E-state index in [1.807, 2.05) is 18.2 Å². The maximum atomic E-state index is 5.83. The number of pyridine rings is 1. The summed E-state index contributed by atoms with van der Waals surface area (Å²) in [5, 5.41) is 6.25. The van der Waals surface area contributed by atoms with Crippen LogP contribution in [0.1, 0.15) is 0 Å². The molecule has 9 nitrogen and oxygen atoms in total. The van der Waals surface area contributed by atoms with Crippen molar-refractivity contribution in [1.82, 2.24) is 15.0 Å². The monoisotopic (exact) mass is 368 g/mol. The Morgan fingerprint density at radius 3 is 2.04 bits per heavy atom. The highest BCUT2D eigenvalue weighted by molar-refractivity contribution is 5.68. The highest BCUT2D eigenvalue weighted by Gasteiger charge is 2.14. The van der Waals surface area contributed by atoms with Crippen LogP contribution in [0.3, 0.4) is 0 Å². The fourth-order valence-electron chi connectivity index (χ4n) is 2.46. The number of aromatic nitrogens is 3. The number of hydrogen-bond donors (Lipinski definition) is 3. The Kier molecular flexibility index (Phi) is 5.41. The van der Waals surface area contributed by atoms with Gasteiger partial charge in [-0.05, 0) is 12.1 Å². The van der Waals surface area contributed by atoms with Crippen LogP contribution in [0.5, 0.6) is 17.2 Å². The maximum absolute atomic E-state index is 5.83. The predicted octanol–water partition coefficient (Wildman–Crippen LogP) is 2.97. The molecule has 2 aromatic heterocycles. The van der Waals surface area contributed by atoms with Gasteiger partial charge in [0.1, 0.15) is 17.5 Å². The second-order valence-corrected chi connectivity index (χ2v) is 5.38. The van der Waals surface area contributed by atoms with Gasteiger partial charge in [-0.15, -0.1) is 0 Å². The lowest BCUT2D eigenvalue weighted by Gasteiger charge is -2.15. The highest BCUT2D eigenvalue weighted by atomic mass is 16.5. The maximum Gasteiger partial charge on any atom is 0.223 e. The fraction of sp³-hybridized carbons (Fsp3) is 0.167. The molecule has 0 radical (unpaired) electrons. The Morgan fingerprint density at radius 1 is 0.815 bits per heavy atom. The first-order valence-corrected chi connectivity index (χ1v) is 8.02. The Morgan fingerprint density at radius 2 is 1.48 bits per heavy atom. The summed E-state index contributed by atoms with van der Waals surface area (Å²) in [7, 11) is 4.66. The summed E-state index contributed by atoms with van der Waals surface area (Å²) >= 11 is 0. The largest absolute Gasteiger partial charge is 0.493 e. The van der Waals surface area contributed by atoms with Crippen molar-refractivity contribution in [2.75, 3.05) is 37.7 Å². The summed E-state index contributed by atoms with van der Waals surface area (Å²) < 4.78 is 16.0. The smallest absolute Gasteiger partial charge is 0.223 e. The summed E-state index contributed by atoms with van der Waals surface area (Å²) in [5.41, 5.74) is 6.52. The van der Waals surface area contributed by atoms with Crippen LogP contribution < -0.4 is 30.6 Å². The normalized spacial score (nSPS) is 10.2. The molecule has 0 aliphatic rings. The first kappa shape index (κ1) is 18.1. The quantitative estimate of drug-likeness (QED) is 0.578. The molecule has 1 aromatic carbocycles. The number of anilines is 5. The molecule has 9 heteroatoms. The molecule has 3 rings (SSSR count). The summed E-state index contributed by atoms with van der Waals surface area (Å²) in [4.78, 5) is 12.6. The van der Waals surface area contributed by atoms with E-state index in [0.29, 0.717) is 40.4 Å². The summed E-state index contributed by atoms with van der Waals surface area (Å²) in [5.74, 6) is 3.32. The van der Waals surface area contributed by atoms with Crippen molar-refractivity contribution in [1.29, 1.82) is 0 Å². The topological polar surface area (TPSA) is 116 Å². The number of benzene rings is 1. The van der Waals surface area contributed by atoms with Crippen molar-refractivity contribution in [2.45, 2.75) is 0 Å². The van der Waals surface area contributed by atoms with Gasteiger partial charge in [-0.1, -0.05) is 6.07 Å². The molecule has 4 N–H and O–H groups in total. The number of nitrogens with two attached hydrogens (primary N) is 1. The Labute approximate surface area is 156 Å². The molecule has 3 aromatic rings. The number of hydrogen-bond acceptors (Lipinski definition) is 9. The minimum atomic E-state index is 0.117. The number of methoxy groups -OCH3 is 3. The van der Waals surface area contributed by atoms with E-state index in [-0.39, 0.29) is 5.95 Å². The molecule has 140 valence electrons. The van der Waals surface area contributed by atoms with Gasteiger partial charge in [0.25, 0.3) is 0 Å². The molecule has 0 atom stereocenters. The molecule has 0 spiro atoms. The molecule has 2 heterocycles. The molecule has 0 fully saturated rings. The van der Waals surface area contributed by atoms with E-state index >= 15 is 0 Å². The summed E-state index contributed by atoms with van der Waals surface area (Å²) in [6.45, 7) is 0. The number of nitrogens with zero attached hydrogens (tertiary/aromatic N) is 3. The van der Waals surface area contributed by atoms with Gasteiger partial charge in [0, 0.05) is 30.1 Å². The van der Waals surface area contributed by atoms with Crippen molar-refractivity contribution in [3.05, 3.63) is 42.6 Å². The number of nitrogens with one attached hydrogen (secondary N) is 2. The number of nitrogen functional groups attached to an aromatic ring is 1. The molecule has 0 saturated carbocycles. The molecule has 0 aliphatic heterocycles. The van der Waals surface area contributed by atoms with Gasteiger partial charge < -0.3 is 30.6 Å². The SMILES string of the molecule is COc1cc(Nc2cc(Nc3ccccn3)nc(N)n2)cc(OC)c1OC. The molecule has 0 aliphatic carbocycles. The summed E-state index contributed by atoms with van der Waals surface area (Å²) in [6, 6.07) is 10.8. The van der Waals surface area contributed by atoms with Crippen LogP contribution in [0.25, 0.3) is 0 Å². The zero-order valence-corrected chi connectivity index (χ0v) is 15.2. The minimum Gasteiger partial charge on any atom is -0.493 e. The lowest BCUT2D eigenvalue weighted by Crippen LogP contribution is -2.04. The van der Waals surface area contributed by atoms with Crippen molar-refractivity contribution in [3.8, 4) is 17.2 Å². The Hall–Kier alpha value is -3.75. The van der Waals surface area contributed by atoms with Crippen LogP contribution in [0.15, 0.2) is 42.6 Å². The molecule has 0 amide bonds. The van der Waals surface area contributed by atoms with E-state index in [0.717, 1.165) is 0 Å². The van der Waals surface area contributed by atoms with Crippen molar-refractivity contribution < 1.29 is 14.2 Å². The molecule has 0 bridgehead atoms. The third-order valence-corrected chi connectivity index (χ3v) is 3.60. The standard InChI is InChI=1S/C18H20N6O3/c1-25-12-8-11(9-13(26-2)17(12)27-3)21-15-10-16(24-18(19)23-15)22-14-6-4-5-7-20-14/h4-10H,1-3H3,(H4,19,20,21,22,23,24). The fourth-order valence-corrected chi connectivity index (χ4v) is 2.46. The molecule has 27 heavy (non-hydrogen) atoms. The van der Waals surface area contributed by atoms with E-state index in [1.54, 1.807) is 45.7 Å². The third kappa shape index (κ3) is 4.27. The average molecular weight is 368 g/mol. The molecule has 0 unspecified atom stereocenters. The van der Waals surface area contributed by atoms with Gasteiger partial charge in [-0.2, -0.15) is 9.97 Å². The second-order valence-electron chi connectivity index (χ2n) is 5.38. The van der Waals surface area contributed by atoms with Gasteiger partial charge in [0.05, 0.1) is 21.3 Å². The molecular weight excluding hydrogens is 348 g/mol. The second kappa shape index (κ2) is 8.09. The lowest BCUT2D eigenvalue weighted by atomic mass is 10.2. The zero-order valence-electron chi connectivity index (χ0n) is 15.2. The van der Waals surface area contributed by atoms with E-state index < -0.39 is 0 Å². The third-order valence-electron chi connectivity index (χ3n) is 3.60. The minimum absolute atomic E-state index is 0.117. The van der Waals surface area contributed by atoms with Crippen LogP contribution in [0, 0.1) is 0 Å². The van der Waals surface area contributed by atoms with E-state index in [2.05, 4.69) is 25.6 Å². The van der Waals surface area contributed by atoms with Crippen LogP contribution in [-0.4, -0.2) is 36.3 Å². The lowest BCUT2D eigenvalue weighted by molar-refractivity contribution is 0.324. The van der Waals surface area contributed by atoms with Gasteiger partial charge in [0.15, 0.2) is 11.5 Å². The van der Waals surface area contributed by atoms with Gasteiger partial charge in [-0.25, -0.2) is 4.98 Å². The van der Waals surface area contributed by atoms with Crippen LogP contribution >= 0.6 is 0 Å². The van der Waals surface area contributed by atoms with Gasteiger partial charge >= 0.3 is 0 Å². The van der Waals surface area contributed by atoms with E-state index in [1.165, 1.54) is 0 Å². The van der Waals surface area contributed by atoms with Crippen molar-refractivity contribution in [3.63, 3.8) is 0 Å². The van der Waals surface area contributed by atoms with Crippen molar-refractivity contribution >= 4 is 29.1 Å². The Bertz CT molecular complexity index is 895. The first-order chi connectivity index (χ1) is 13.1. The molecular formula is C18H20N6O3. The number of rotatable bonds is 7. The van der Waals surface area contributed by atoms with Crippen LogP contribution in [0.4, 0.5) is 29.1 Å². The van der Waals surface area contributed by atoms with E-state index in [4.69, 9.17) is 19.9 Å². The summed E-state index contributed by atoms with van der Waals surface area (Å²) in [6.07, 6.45) is 1.68. The Balaban J connectivity index is 1.89. The average Bonchev–Trinajstić information content (AvgIpc) is 2.67. The highest BCUT2D eigenvalue weighted by Crippen LogP contribution is 2.40. The van der Waals surface area contributed by atoms with Crippen LogP contribution in [0.2, 0.25) is 0 Å². The predicted molar refractivity (Wildman–Crippen MR) is 103 cm³/mol. The van der Waals surface area contributed by atoms with Crippen LogP contribution in [-0.2, 0) is 0 Å². The number of ether oxygens (including phenoxy) is 3. The van der Waals surface area contributed by atoms with Gasteiger partial charge in [-0.3, -0.25) is 0 Å². The van der Waals surface area contributed by atoms with Gasteiger partial charge in [0.2, 0.25) is 11.7 Å². The first-order valence-electron chi connectivity index (χ1n) is 8.02. The van der Waals surface area contributed by atoms with Crippen molar-refractivity contribution in [2.24, 2.45) is 0 Å². The zero-order chi connectivity index (χ0) is 19.2. The van der Waals surface area contributed by atoms with E-state index in [9.17, 15) is 0 Å².